The molecule has 1 heterocycles. The van der Waals surface area contributed by atoms with E-state index in [0.29, 0.717) is 13.0 Å². The molecule has 0 spiro atoms. The lowest BCUT2D eigenvalue weighted by molar-refractivity contribution is -0.105. The van der Waals surface area contributed by atoms with Gasteiger partial charge < -0.3 is 19.7 Å². The van der Waals surface area contributed by atoms with Gasteiger partial charge in [-0.1, -0.05) is 6.08 Å². The number of ether oxygens (including phenoxy) is 2. The van der Waals surface area contributed by atoms with Crippen molar-refractivity contribution in [2.24, 2.45) is 0 Å². The van der Waals surface area contributed by atoms with Crippen molar-refractivity contribution in [1.82, 2.24) is 0 Å². The molecule has 0 saturated carbocycles. The second kappa shape index (κ2) is 7.79. The average Bonchev–Trinajstić information content (AvgIpc) is 2.34. The Hall–Kier alpha value is -0.420. The molecule has 1 unspecified atom stereocenters. The molecule has 1 aliphatic rings. The van der Waals surface area contributed by atoms with Crippen LogP contribution in [0.4, 0.5) is 0 Å². The van der Waals surface area contributed by atoms with Crippen LogP contribution in [0.1, 0.15) is 25.7 Å². The average molecular weight is 230 g/mol. The third-order valence-electron chi connectivity index (χ3n) is 2.80. The Kier molecular flexibility index (Phi) is 6.64. The van der Waals surface area contributed by atoms with Crippen LogP contribution < -0.4 is 0 Å². The van der Waals surface area contributed by atoms with E-state index < -0.39 is 6.10 Å². The molecule has 2 N–H and O–H groups in total. The summed E-state index contributed by atoms with van der Waals surface area (Å²) in [5.41, 5.74) is 0. The summed E-state index contributed by atoms with van der Waals surface area (Å²) in [6.07, 6.45) is 4.50. The standard InChI is InChI=1S/C12H22O4/c1-2-7-15-11-4-3-8-16-12(11)6-5-10(14)9-13/h2,10-14H,1,3-9H2/t10?,11-,12+/m0/s1. The summed E-state index contributed by atoms with van der Waals surface area (Å²) in [7, 11) is 0. The smallest absolute Gasteiger partial charge is 0.0841 e. The summed E-state index contributed by atoms with van der Waals surface area (Å²) in [5, 5.41) is 18.0. The number of aliphatic hydroxyl groups excluding tert-OH is 2. The highest BCUT2D eigenvalue weighted by atomic mass is 16.5. The molecule has 0 radical (unpaired) electrons. The van der Waals surface area contributed by atoms with E-state index in [4.69, 9.17) is 14.6 Å². The Morgan fingerprint density at radius 2 is 2.38 bits per heavy atom. The Morgan fingerprint density at radius 1 is 1.56 bits per heavy atom. The molecule has 0 bridgehead atoms. The van der Waals surface area contributed by atoms with Crippen LogP contribution in [0.3, 0.4) is 0 Å². The van der Waals surface area contributed by atoms with E-state index in [2.05, 4.69) is 6.58 Å². The molecule has 0 aliphatic carbocycles. The fourth-order valence-corrected chi connectivity index (χ4v) is 1.91. The van der Waals surface area contributed by atoms with Gasteiger partial charge in [-0.25, -0.2) is 0 Å². The summed E-state index contributed by atoms with van der Waals surface area (Å²) in [6.45, 7) is 4.72. The molecule has 1 saturated heterocycles. The maximum Gasteiger partial charge on any atom is 0.0841 e. The minimum absolute atomic E-state index is 0.0369. The topological polar surface area (TPSA) is 58.9 Å². The van der Waals surface area contributed by atoms with E-state index in [1.807, 2.05) is 0 Å². The Labute approximate surface area is 96.9 Å². The van der Waals surface area contributed by atoms with Gasteiger partial charge in [0.15, 0.2) is 0 Å². The first-order valence-electron chi connectivity index (χ1n) is 5.91. The van der Waals surface area contributed by atoms with Gasteiger partial charge in [0.25, 0.3) is 0 Å². The lowest BCUT2D eigenvalue weighted by atomic mass is 9.99. The summed E-state index contributed by atoms with van der Waals surface area (Å²) in [4.78, 5) is 0. The third-order valence-corrected chi connectivity index (χ3v) is 2.80. The molecule has 16 heavy (non-hydrogen) atoms. The molecular weight excluding hydrogens is 208 g/mol. The SMILES string of the molecule is C=CCO[C@H]1CCCO[C@@H]1CCC(O)CO. The van der Waals surface area contributed by atoms with Crippen LogP contribution in [-0.2, 0) is 9.47 Å². The summed E-state index contributed by atoms with van der Waals surface area (Å²) < 4.78 is 11.3. The quantitative estimate of drug-likeness (QED) is 0.637. The molecule has 0 aromatic heterocycles. The predicted molar refractivity (Wildman–Crippen MR) is 61.2 cm³/mol. The summed E-state index contributed by atoms with van der Waals surface area (Å²) in [6, 6.07) is 0. The first kappa shape index (κ1) is 13.6. The van der Waals surface area contributed by atoms with Gasteiger partial charge in [0.05, 0.1) is 31.5 Å². The van der Waals surface area contributed by atoms with Crippen molar-refractivity contribution in [3.63, 3.8) is 0 Å². The van der Waals surface area contributed by atoms with Crippen molar-refractivity contribution in [2.45, 2.75) is 44.0 Å². The molecule has 94 valence electrons. The van der Waals surface area contributed by atoms with Gasteiger partial charge in [-0.15, -0.1) is 6.58 Å². The van der Waals surface area contributed by atoms with Crippen LogP contribution >= 0.6 is 0 Å². The van der Waals surface area contributed by atoms with E-state index in [1.165, 1.54) is 0 Å². The molecule has 0 aromatic carbocycles. The maximum absolute atomic E-state index is 9.29. The van der Waals surface area contributed by atoms with Gasteiger partial charge >= 0.3 is 0 Å². The van der Waals surface area contributed by atoms with Crippen molar-refractivity contribution in [3.05, 3.63) is 12.7 Å². The molecule has 4 nitrogen and oxygen atoms in total. The molecular formula is C12H22O4. The fourth-order valence-electron chi connectivity index (χ4n) is 1.91. The highest BCUT2D eigenvalue weighted by Crippen LogP contribution is 2.21. The van der Waals surface area contributed by atoms with Crippen LogP contribution in [0.15, 0.2) is 12.7 Å². The maximum atomic E-state index is 9.29. The number of rotatable bonds is 7. The van der Waals surface area contributed by atoms with Crippen LogP contribution in [0.5, 0.6) is 0 Å². The van der Waals surface area contributed by atoms with Gasteiger partial charge in [0, 0.05) is 6.61 Å². The first-order valence-corrected chi connectivity index (χ1v) is 5.91. The zero-order chi connectivity index (χ0) is 11.8. The monoisotopic (exact) mass is 230 g/mol. The number of aliphatic hydroxyl groups is 2. The lowest BCUT2D eigenvalue weighted by Gasteiger charge is -2.31. The summed E-state index contributed by atoms with van der Waals surface area (Å²) >= 11 is 0. The van der Waals surface area contributed by atoms with Gasteiger partial charge in [-0.05, 0) is 25.7 Å². The van der Waals surface area contributed by atoms with Crippen molar-refractivity contribution in [3.8, 4) is 0 Å². The van der Waals surface area contributed by atoms with Crippen LogP contribution in [0.25, 0.3) is 0 Å². The molecule has 1 aliphatic heterocycles. The molecule has 1 fully saturated rings. The third kappa shape index (κ3) is 4.61. The molecule has 0 aromatic rings. The zero-order valence-electron chi connectivity index (χ0n) is 9.68. The van der Waals surface area contributed by atoms with E-state index in [1.54, 1.807) is 6.08 Å². The minimum atomic E-state index is -0.648. The van der Waals surface area contributed by atoms with Crippen LogP contribution in [0.2, 0.25) is 0 Å². The summed E-state index contributed by atoms with van der Waals surface area (Å²) in [5.74, 6) is 0. The molecule has 4 heteroatoms. The highest BCUT2D eigenvalue weighted by Gasteiger charge is 2.26. The normalized spacial score (nSPS) is 27.6. The molecule has 0 amide bonds. The van der Waals surface area contributed by atoms with E-state index in [-0.39, 0.29) is 18.8 Å². The van der Waals surface area contributed by atoms with Crippen molar-refractivity contribution < 1.29 is 19.7 Å². The first-order chi connectivity index (χ1) is 7.77. The van der Waals surface area contributed by atoms with Crippen molar-refractivity contribution in [2.75, 3.05) is 19.8 Å². The Morgan fingerprint density at radius 3 is 3.06 bits per heavy atom. The van der Waals surface area contributed by atoms with E-state index in [9.17, 15) is 5.11 Å². The lowest BCUT2D eigenvalue weighted by Crippen LogP contribution is -2.37. The minimum Gasteiger partial charge on any atom is -0.394 e. The molecule has 1 rings (SSSR count). The van der Waals surface area contributed by atoms with Crippen LogP contribution in [-0.4, -0.2) is 48.3 Å². The van der Waals surface area contributed by atoms with E-state index >= 15 is 0 Å². The second-order valence-electron chi connectivity index (χ2n) is 4.13. The number of hydrogen-bond donors (Lipinski definition) is 2. The largest absolute Gasteiger partial charge is 0.394 e. The predicted octanol–water partition coefficient (Wildman–Crippen LogP) is 0.870. The number of hydrogen-bond acceptors (Lipinski definition) is 4. The van der Waals surface area contributed by atoms with Crippen molar-refractivity contribution in [1.29, 1.82) is 0 Å². The van der Waals surface area contributed by atoms with Gasteiger partial charge in [0.1, 0.15) is 0 Å². The van der Waals surface area contributed by atoms with Gasteiger partial charge in [0.2, 0.25) is 0 Å². The zero-order valence-corrected chi connectivity index (χ0v) is 9.68. The van der Waals surface area contributed by atoms with Crippen molar-refractivity contribution >= 4 is 0 Å². The molecule has 3 atom stereocenters. The Bertz CT molecular complexity index is 195. The van der Waals surface area contributed by atoms with E-state index in [0.717, 1.165) is 25.9 Å². The fraction of sp³-hybridized carbons (Fsp3) is 0.833. The van der Waals surface area contributed by atoms with Gasteiger partial charge in [-0.3, -0.25) is 0 Å². The Balaban J connectivity index is 2.31. The van der Waals surface area contributed by atoms with Gasteiger partial charge in [-0.2, -0.15) is 0 Å². The highest BCUT2D eigenvalue weighted by molar-refractivity contribution is 4.78. The van der Waals surface area contributed by atoms with Crippen LogP contribution in [0, 0.1) is 0 Å². The second-order valence-corrected chi connectivity index (χ2v) is 4.13.